The predicted octanol–water partition coefficient (Wildman–Crippen LogP) is 4.20. The smallest absolute Gasteiger partial charge is 0.126 e. The van der Waals surface area contributed by atoms with Crippen molar-refractivity contribution in [3.05, 3.63) is 63.4 Å². The molecule has 0 aliphatic heterocycles. The number of ether oxygens (including phenoxy) is 1. The van der Waals surface area contributed by atoms with E-state index in [4.69, 9.17) is 4.74 Å². The van der Waals surface area contributed by atoms with Crippen LogP contribution in [0.25, 0.3) is 0 Å². The molecule has 0 bridgehead atoms. The summed E-state index contributed by atoms with van der Waals surface area (Å²) >= 11 is 3.55. The van der Waals surface area contributed by atoms with Crippen LogP contribution in [0.1, 0.15) is 16.7 Å². The second-order valence-electron chi connectivity index (χ2n) is 4.66. The van der Waals surface area contributed by atoms with Gasteiger partial charge >= 0.3 is 0 Å². The molecular formula is C16H17BrFNO. The Kier molecular flexibility index (Phi) is 5.15. The van der Waals surface area contributed by atoms with Crippen molar-refractivity contribution in [3.8, 4) is 5.75 Å². The molecule has 20 heavy (non-hydrogen) atoms. The molecule has 0 spiro atoms. The number of rotatable bonds is 5. The third-order valence-electron chi connectivity index (χ3n) is 3.02. The standard InChI is InChI=1S/C16H17BrFNO/c1-11-7-14(5-6-16(11)18)20-10-13-4-3-12(9-19-2)8-15(13)17/h3-8,19H,9-10H2,1-2H3. The van der Waals surface area contributed by atoms with Gasteiger partial charge in [-0.25, -0.2) is 4.39 Å². The van der Waals surface area contributed by atoms with Gasteiger partial charge in [-0.1, -0.05) is 28.1 Å². The van der Waals surface area contributed by atoms with Crippen LogP contribution >= 0.6 is 15.9 Å². The van der Waals surface area contributed by atoms with Gasteiger partial charge < -0.3 is 10.1 Å². The predicted molar refractivity (Wildman–Crippen MR) is 82.4 cm³/mol. The number of nitrogens with one attached hydrogen (secondary N) is 1. The largest absolute Gasteiger partial charge is 0.489 e. The van der Waals surface area contributed by atoms with E-state index >= 15 is 0 Å². The lowest BCUT2D eigenvalue weighted by Crippen LogP contribution is -2.05. The van der Waals surface area contributed by atoms with E-state index in [9.17, 15) is 4.39 Å². The molecule has 0 atom stereocenters. The van der Waals surface area contributed by atoms with Crippen molar-refractivity contribution in [2.45, 2.75) is 20.1 Å². The average molecular weight is 338 g/mol. The van der Waals surface area contributed by atoms with Gasteiger partial charge in [0.2, 0.25) is 0 Å². The van der Waals surface area contributed by atoms with Crippen molar-refractivity contribution >= 4 is 15.9 Å². The molecule has 0 aromatic heterocycles. The minimum absolute atomic E-state index is 0.213. The lowest BCUT2D eigenvalue weighted by molar-refractivity contribution is 0.304. The van der Waals surface area contributed by atoms with Crippen molar-refractivity contribution in [3.63, 3.8) is 0 Å². The SMILES string of the molecule is CNCc1ccc(COc2ccc(F)c(C)c2)c(Br)c1. The Morgan fingerprint density at radius 1 is 1.20 bits per heavy atom. The van der Waals surface area contributed by atoms with E-state index in [0.29, 0.717) is 17.9 Å². The molecule has 0 fully saturated rings. The van der Waals surface area contributed by atoms with Gasteiger partial charge in [-0.05, 0) is 49.4 Å². The monoisotopic (exact) mass is 337 g/mol. The van der Waals surface area contributed by atoms with Crippen molar-refractivity contribution in [1.82, 2.24) is 5.32 Å². The Morgan fingerprint density at radius 3 is 2.65 bits per heavy atom. The van der Waals surface area contributed by atoms with Crippen LogP contribution in [0, 0.1) is 12.7 Å². The van der Waals surface area contributed by atoms with Gasteiger partial charge in [-0.15, -0.1) is 0 Å². The van der Waals surface area contributed by atoms with Crippen LogP contribution in [-0.2, 0) is 13.2 Å². The summed E-state index contributed by atoms with van der Waals surface area (Å²) < 4.78 is 19.9. The number of aryl methyl sites for hydroxylation is 1. The highest BCUT2D eigenvalue weighted by Gasteiger charge is 2.04. The second kappa shape index (κ2) is 6.86. The number of benzene rings is 2. The molecule has 106 valence electrons. The first-order valence-electron chi connectivity index (χ1n) is 6.41. The van der Waals surface area contributed by atoms with Crippen LogP contribution in [0.3, 0.4) is 0 Å². The highest BCUT2D eigenvalue weighted by atomic mass is 79.9. The van der Waals surface area contributed by atoms with Gasteiger partial charge in [0.15, 0.2) is 0 Å². The van der Waals surface area contributed by atoms with E-state index in [2.05, 4.69) is 33.4 Å². The molecule has 0 aliphatic carbocycles. The minimum Gasteiger partial charge on any atom is -0.489 e. The van der Waals surface area contributed by atoms with E-state index in [1.165, 1.54) is 11.6 Å². The third kappa shape index (κ3) is 3.81. The van der Waals surface area contributed by atoms with Crippen LogP contribution in [0.4, 0.5) is 4.39 Å². The third-order valence-corrected chi connectivity index (χ3v) is 3.76. The van der Waals surface area contributed by atoms with Gasteiger partial charge in [0, 0.05) is 16.6 Å². The maximum Gasteiger partial charge on any atom is 0.126 e. The summed E-state index contributed by atoms with van der Waals surface area (Å²) in [6, 6.07) is 11.0. The fourth-order valence-electron chi connectivity index (χ4n) is 1.89. The first-order valence-corrected chi connectivity index (χ1v) is 7.20. The number of hydrogen-bond acceptors (Lipinski definition) is 2. The molecule has 0 unspecified atom stereocenters. The lowest BCUT2D eigenvalue weighted by Gasteiger charge is -2.10. The van der Waals surface area contributed by atoms with Gasteiger partial charge in [-0.3, -0.25) is 0 Å². The summed E-state index contributed by atoms with van der Waals surface area (Å²) in [7, 11) is 1.92. The zero-order valence-corrected chi connectivity index (χ0v) is 13.1. The first kappa shape index (κ1) is 15.0. The van der Waals surface area contributed by atoms with Crippen LogP contribution in [0.2, 0.25) is 0 Å². The van der Waals surface area contributed by atoms with Crippen LogP contribution in [-0.4, -0.2) is 7.05 Å². The maximum atomic E-state index is 13.2. The van der Waals surface area contributed by atoms with Gasteiger partial charge in [0.05, 0.1) is 0 Å². The van der Waals surface area contributed by atoms with Crippen molar-refractivity contribution in [1.29, 1.82) is 0 Å². The first-order chi connectivity index (χ1) is 9.60. The zero-order chi connectivity index (χ0) is 14.5. The fraction of sp³-hybridized carbons (Fsp3) is 0.250. The molecule has 0 saturated carbocycles. The summed E-state index contributed by atoms with van der Waals surface area (Å²) in [4.78, 5) is 0. The fourth-order valence-corrected chi connectivity index (χ4v) is 2.43. The quantitative estimate of drug-likeness (QED) is 0.882. The summed E-state index contributed by atoms with van der Waals surface area (Å²) in [6.45, 7) is 3.01. The Hall–Kier alpha value is -1.39. The molecule has 1 N–H and O–H groups in total. The molecule has 2 aromatic carbocycles. The molecule has 0 heterocycles. The van der Waals surface area contributed by atoms with Gasteiger partial charge in [0.1, 0.15) is 18.2 Å². The molecule has 2 rings (SSSR count). The highest BCUT2D eigenvalue weighted by molar-refractivity contribution is 9.10. The highest BCUT2D eigenvalue weighted by Crippen LogP contribution is 2.22. The molecular weight excluding hydrogens is 321 g/mol. The van der Waals surface area contributed by atoms with E-state index < -0.39 is 0 Å². The molecule has 0 radical (unpaired) electrons. The molecule has 0 saturated heterocycles. The average Bonchev–Trinajstić information content (AvgIpc) is 2.42. The van der Waals surface area contributed by atoms with Crippen molar-refractivity contribution < 1.29 is 9.13 Å². The van der Waals surface area contributed by atoms with Gasteiger partial charge in [0.25, 0.3) is 0 Å². The Morgan fingerprint density at radius 2 is 2.00 bits per heavy atom. The maximum absolute atomic E-state index is 13.2. The molecule has 2 nitrogen and oxygen atoms in total. The van der Waals surface area contributed by atoms with Crippen molar-refractivity contribution in [2.75, 3.05) is 7.05 Å². The second-order valence-corrected chi connectivity index (χ2v) is 5.51. The summed E-state index contributed by atoms with van der Waals surface area (Å²) in [5.41, 5.74) is 2.86. The molecule has 0 aliphatic rings. The molecule has 4 heteroatoms. The van der Waals surface area contributed by atoms with E-state index in [0.717, 1.165) is 16.6 Å². The van der Waals surface area contributed by atoms with E-state index in [-0.39, 0.29) is 5.82 Å². The van der Waals surface area contributed by atoms with E-state index in [1.807, 2.05) is 13.1 Å². The Labute approximate surface area is 127 Å². The lowest BCUT2D eigenvalue weighted by atomic mass is 10.1. The van der Waals surface area contributed by atoms with E-state index in [1.54, 1.807) is 19.1 Å². The van der Waals surface area contributed by atoms with Crippen molar-refractivity contribution in [2.24, 2.45) is 0 Å². The summed E-state index contributed by atoms with van der Waals surface area (Å²) in [6.07, 6.45) is 0. The van der Waals surface area contributed by atoms with Crippen LogP contribution in [0.15, 0.2) is 40.9 Å². The van der Waals surface area contributed by atoms with Crippen LogP contribution in [0.5, 0.6) is 5.75 Å². The minimum atomic E-state index is -0.213. The van der Waals surface area contributed by atoms with Gasteiger partial charge in [-0.2, -0.15) is 0 Å². The zero-order valence-electron chi connectivity index (χ0n) is 11.5. The Bertz CT molecular complexity index is 601. The number of halogens is 2. The normalized spacial score (nSPS) is 10.6. The topological polar surface area (TPSA) is 21.3 Å². The molecule has 0 amide bonds. The summed E-state index contributed by atoms with van der Waals surface area (Å²) in [5.74, 6) is 0.463. The summed E-state index contributed by atoms with van der Waals surface area (Å²) in [5, 5.41) is 3.11. The Balaban J connectivity index is 2.05. The van der Waals surface area contributed by atoms with Crippen LogP contribution < -0.4 is 10.1 Å². The molecule has 2 aromatic rings. The number of hydrogen-bond donors (Lipinski definition) is 1.